The first kappa shape index (κ1) is 25.5. The van der Waals surface area contributed by atoms with E-state index in [1.807, 2.05) is 25.3 Å². The summed E-state index contributed by atoms with van der Waals surface area (Å²) in [6.45, 7) is 2.59. The van der Waals surface area contributed by atoms with Crippen LogP contribution < -0.4 is 10.1 Å². The Kier molecular flexibility index (Phi) is 7.18. The summed E-state index contributed by atoms with van der Waals surface area (Å²) in [5, 5.41) is 7.20. The van der Waals surface area contributed by atoms with E-state index in [4.69, 9.17) is 4.74 Å². The van der Waals surface area contributed by atoms with Gasteiger partial charge in [-0.15, -0.1) is 0 Å². The van der Waals surface area contributed by atoms with E-state index in [0.29, 0.717) is 18.2 Å². The SMILES string of the molecule is Cc1ccc(NC(=O)c2cccc(C(F)(F)F)c2)cc1-n1cc(-c2cnccc2OCC2CCCC2)cn1. The molecule has 0 saturated heterocycles. The van der Waals surface area contributed by atoms with Gasteiger partial charge >= 0.3 is 6.18 Å². The van der Waals surface area contributed by atoms with Crippen LogP contribution in [0.25, 0.3) is 16.8 Å². The Balaban J connectivity index is 1.35. The highest BCUT2D eigenvalue weighted by molar-refractivity contribution is 6.04. The zero-order valence-electron chi connectivity index (χ0n) is 20.8. The highest BCUT2D eigenvalue weighted by Gasteiger charge is 2.31. The number of hydrogen-bond acceptors (Lipinski definition) is 4. The maximum Gasteiger partial charge on any atom is 0.416 e. The van der Waals surface area contributed by atoms with Crippen molar-refractivity contribution in [3.8, 4) is 22.6 Å². The second-order valence-corrected chi connectivity index (χ2v) is 9.54. The number of anilines is 1. The zero-order valence-corrected chi connectivity index (χ0v) is 20.8. The van der Waals surface area contributed by atoms with Gasteiger partial charge in [-0.05, 0) is 67.6 Å². The molecule has 2 aromatic carbocycles. The molecule has 0 unspecified atom stereocenters. The molecule has 38 heavy (non-hydrogen) atoms. The number of hydrogen-bond donors (Lipinski definition) is 1. The second-order valence-electron chi connectivity index (χ2n) is 9.54. The number of halogens is 3. The molecule has 0 bridgehead atoms. The molecule has 5 rings (SSSR count). The van der Waals surface area contributed by atoms with E-state index >= 15 is 0 Å². The maximum absolute atomic E-state index is 13.1. The average molecular weight is 521 g/mol. The Labute approximate surface area is 218 Å². The van der Waals surface area contributed by atoms with E-state index in [9.17, 15) is 18.0 Å². The summed E-state index contributed by atoms with van der Waals surface area (Å²) >= 11 is 0. The molecule has 1 aliphatic rings. The molecule has 9 heteroatoms. The lowest BCUT2D eigenvalue weighted by Gasteiger charge is -2.14. The molecule has 4 aromatic rings. The third-order valence-electron chi connectivity index (χ3n) is 6.79. The number of aromatic nitrogens is 3. The van der Waals surface area contributed by atoms with Gasteiger partial charge < -0.3 is 10.1 Å². The Morgan fingerprint density at radius 2 is 1.92 bits per heavy atom. The number of carbonyl (C=O) groups excluding carboxylic acids is 1. The summed E-state index contributed by atoms with van der Waals surface area (Å²) in [4.78, 5) is 17.0. The fraction of sp³-hybridized carbons (Fsp3) is 0.276. The van der Waals surface area contributed by atoms with E-state index in [-0.39, 0.29) is 5.56 Å². The molecule has 0 spiro atoms. The lowest BCUT2D eigenvalue weighted by Crippen LogP contribution is -2.14. The first-order valence-electron chi connectivity index (χ1n) is 12.5. The molecule has 2 heterocycles. The van der Waals surface area contributed by atoms with Crippen molar-refractivity contribution in [3.05, 3.63) is 90.0 Å². The van der Waals surface area contributed by atoms with Crippen molar-refractivity contribution in [2.75, 3.05) is 11.9 Å². The minimum atomic E-state index is -4.53. The first-order valence-corrected chi connectivity index (χ1v) is 12.5. The number of amides is 1. The number of benzene rings is 2. The molecule has 0 aliphatic heterocycles. The zero-order chi connectivity index (χ0) is 26.7. The van der Waals surface area contributed by atoms with Gasteiger partial charge in [0.05, 0.1) is 24.1 Å². The van der Waals surface area contributed by atoms with Crippen molar-refractivity contribution < 1.29 is 22.7 Å². The molecule has 1 amide bonds. The fourth-order valence-electron chi connectivity index (χ4n) is 4.68. The van der Waals surface area contributed by atoms with Crippen LogP contribution in [0, 0.1) is 12.8 Å². The number of pyridine rings is 1. The van der Waals surface area contributed by atoms with E-state index < -0.39 is 17.6 Å². The topological polar surface area (TPSA) is 69.0 Å². The van der Waals surface area contributed by atoms with Crippen molar-refractivity contribution in [3.63, 3.8) is 0 Å². The van der Waals surface area contributed by atoms with Gasteiger partial charge in [-0.25, -0.2) is 4.68 Å². The molecule has 196 valence electrons. The molecule has 1 aliphatic carbocycles. The van der Waals surface area contributed by atoms with Crippen LogP contribution in [0.15, 0.2) is 73.3 Å². The van der Waals surface area contributed by atoms with E-state index in [2.05, 4.69) is 15.4 Å². The van der Waals surface area contributed by atoms with Gasteiger partial charge in [-0.3, -0.25) is 9.78 Å². The molecule has 1 fully saturated rings. The predicted molar refractivity (Wildman–Crippen MR) is 138 cm³/mol. The molecule has 6 nitrogen and oxygen atoms in total. The van der Waals surface area contributed by atoms with E-state index in [1.54, 1.807) is 35.4 Å². The van der Waals surface area contributed by atoms with E-state index in [0.717, 1.165) is 40.3 Å². The highest BCUT2D eigenvalue weighted by Crippen LogP contribution is 2.33. The summed E-state index contributed by atoms with van der Waals surface area (Å²) < 4.78 is 47.0. The molecular formula is C29H27F3N4O2. The summed E-state index contributed by atoms with van der Waals surface area (Å²) in [7, 11) is 0. The largest absolute Gasteiger partial charge is 0.493 e. The number of carbonyl (C=O) groups is 1. The van der Waals surface area contributed by atoms with Gasteiger partial charge in [0.15, 0.2) is 0 Å². The van der Waals surface area contributed by atoms with Crippen LogP contribution in [-0.4, -0.2) is 27.3 Å². The fourth-order valence-corrected chi connectivity index (χ4v) is 4.68. The van der Waals surface area contributed by atoms with Crippen LogP contribution in [0.5, 0.6) is 5.75 Å². The third kappa shape index (κ3) is 5.72. The van der Waals surface area contributed by atoms with Crippen LogP contribution in [0.3, 0.4) is 0 Å². The summed E-state index contributed by atoms with van der Waals surface area (Å²) in [5.41, 5.74) is 2.77. The normalized spacial score (nSPS) is 14.0. The predicted octanol–water partition coefficient (Wildman–Crippen LogP) is 7.08. The van der Waals surface area contributed by atoms with Gasteiger partial charge in [0.2, 0.25) is 0 Å². The van der Waals surface area contributed by atoms with Crippen LogP contribution in [-0.2, 0) is 6.18 Å². The number of ether oxygens (including phenoxy) is 1. The van der Waals surface area contributed by atoms with Crippen LogP contribution in [0.4, 0.5) is 18.9 Å². The molecule has 2 aromatic heterocycles. The average Bonchev–Trinajstić information content (AvgIpc) is 3.61. The Bertz CT molecular complexity index is 1440. The number of alkyl halides is 3. The van der Waals surface area contributed by atoms with Crippen LogP contribution in [0.2, 0.25) is 0 Å². The summed E-state index contributed by atoms with van der Waals surface area (Å²) in [5.74, 6) is 0.701. The van der Waals surface area contributed by atoms with Gasteiger partial charge in [0.1, 0.15) is 5.75 Å². The Hall–Kier alpha value is -4.14. The number of nitrogens with zero attached hydrogens (tertiary/aromatic N) is 3. The van der Waals surface area contributed by atoms with E-state index in [1.165, 1.54) is 37.8 Å². The van der Waals surface area contributed by atoms with Crippen molar-refractivity contribution in [1.82, 2.24) is 14.8 Å². The van der Waals surface area contributed by atoms with Gasteiger partial charge in [-0.1, -0.05) is 25.0 Å². The van der Waals surface area contributed by atoms with Crippen LogP contribution in [0.1, 0.15) is 47.2 Å². The lowest BCUT2D eigenvalue weighted by atomic mass is 10.1. The second kappa shape index (κ2) is 10.7. The van der Waals surface area contributed by atoms with Crippen molar-refractivity contribution in [2.24, 2.45) is 5.92 Å². The molecule has 1 N–H and O–H groups in total. The molecular weight excluding hydrogens is 493 g/mol. The molecule has 0 atom stereocenters. The Morgan fingerprint density at radius 1 is 1.11 bits per heavy atom. The minimum absolute atomic E-state index is 0.0787. The molecule has 0 radical (unpaired) electrons. The van der Waals surface area contributed by atoms with Crippen molar-refractivity contribution in [1.29, 1.82) is 0 Å². The lowest BCUT2D eigenvalue weighted by molar-refractivity contribution is -0.137. The minimum Gasteiger partial charge on any atom is -0.493 e. The van der Waals surface area contributed by atoms with Crippen LogP contribution >= 0.6 is 0 Å². The van der Waals surface area contributed by atoms with Gasteiger partial charge in [0.25, 0.3) is 5.91 Å². The quantitative estimate of drug-likeness (QED) is 0.283. The summed E-state index contributed by atoms with van der Waals surface area (Å²) in [6, 6.07) is 11.4. The summed E-state index contributed by atoms with van der Waals surface area (Å²) in [6.07, 6.45) is 7.42. The third-order valence-corrected chi connectivity index (χ3v) is 6.79. The number of rotatable bonds is 7. The Morgan fingerprint density at radius 3 is 2.71 bits per heavy atom. The monoisotopic (exact) mass is 520 g/mol. The number of nitrogens with one attached hydrogen (secondary N) is 1. The molecule has 1 saturated carbocycles. The standard InChI is InChI=1S/C29H27F3N4O2/c1-19-9-10-24(35-28(37)21-7-4-8-23(13-21)29(30,31)32)14-26(19)36-17-22(15-34-36)25-16-33-12-11-27(25)38-18-20-5-2-3-6-20/h4,7-17,20H,2-3,5-6,18H2,1H3,(H,35,37). The number of aryl methyl sites for hydroxylation is 1. The van der Waals surface area contributed by atoms with Gasteiger partial charge in [0, 0.05) is 41.0 Å². The van der Waals surface area contributed by atoms with Gasteiger partial charge in [-0.2, -0.15) is 18.3 Å². The highest BCUT2D eigenvalue weighted by atomic mass is 19.4. The maximum atomic E-state index is 13.1. The smallest absolute Gasteiger partial charge is 0.416 e. The van der Waals surface area contributed by atoms with Crippen molar-refractivity contribution in [2.45, 2.75) is 38.8 Å². The van der Waals surface area contributed by atoms with Crippen molar-refractivity contribution >= 4 is 11.6 Å². The first-order chi connectivity index (χ1) is 18.3.